The lowest BCUT2D eigenvalue weighted by Gasteiger charge is -2.02. The monoisotopic (exact) mass is 288 g/mol. The van der Waals surface area contributed by atoms with E-state index in [0.717, 1.165) is 17.4 Å². The Bertz CT molecular complexity index is 737. The Kier molecular flexibility index (Phi) is 2.92. The number of non-ortho nitro benzene ring substituents is 1. The molecule has 0 unspecified atom stereocenters. The first kappa shape index (κ1) is 12.7. The quantitative estimate of drug-likeness (QED) is 0.631. The Morgan fingerprint density at radius 3 is 2.72 bits per heavy atom. The predicted molar refractivity (Wildman–Crippen MR) is 66.9 cm³/mol. The summed E-state index contributed by atoms with van der Waals surface area (Å²) in [5.41, 5.74) is 5.19. The minimum Gasteiger partial charge on any atom is -0.375 e. The third-order valence-corrected chi connectivity index (χ3v) is 4.47. The van der Waals surface area contributed by atoms with Crippen LogP contribution < -0.4 is 10.5 Å². The number of nitrogens with one attached hydrogen (secondary N) is 1. The van der Waals surface area contributed by atoms with Crippen LogP contribution in [0.2, 0.25) is 0 Å². The molecule has 1 aromatic carbocycles. The number of nitrogens with zero attached hydrogens (tertiary/aromatic N) is 2. The van der Waals surface area contributed by atoms with Gasteiger partial charge in [0.05, 0.1) is 14.5 Å². The summed E-state index contributed by atoms with van der Waals surface area (Å²) in [5.74, 6) is 0. The Morgan fingerprint density at radius 1 is 1.50 bits per heavy atom. The van der Waals surface area contributed by atoms with Gasteiger partial charge in [-0.1, -0.05) is 11.3 Å². The number of rotatable bonds is 3. The van der Waals surface area contributed by atoms with Crippen molar-refractivity contribution in [1.29, 1.82) is 0 Å². The number of sulfonamides is 1. The second-order valence-corrected chi connectivity index (χ2v) is 6.25. The standard InChI is InChI=1S/C8H8N4O4S2/c1-10-18(15,16)4-2-5(12(13)14)7-6(3-4)17-8(9)11-7/h2-3,10H,1H3,(H2,9,11). The highest BCUT2D eigenvalue weighted by Crippen LogP contribution is 2.33. The Labute approximate surface area is 106 Å². The van der Waals surface area contributed by atoms with Crippen LogP contribution in [-0.4, -0.2) is 25.4 Å². The molecule has 0 radical (unpaired) electrons. The molecule has 0 bridgehead atoms. The van der Waals surface area contributed by atoms with Crippen molar-refractivity contribution in [1.82, 2.24) is 9.71 Å². The number of anilines is 1. The molecule has 2 aromatic rings. The van der Waals surface area contributed by atoms with Crippen LogP contribution in [0.1, 0.15) is 0 Å². The summed E-state index contributed by atoms with van der Waals surface area (Å²) in [6.45, 7) is 0. The predicted octanol–water partition coefficient (Wildman–Crippen LogP) is 0.695. The van der Waals surface area contributed by atoms with Crippen LogP contribution in [0.25, 0.3) is 10.2 Å². The lowest BCUT2D eigenvalue weighted by molar-refractivity contribution is -0.383. The summed E-state index contributed by atoms with van der Waals surface area (Å²) in [5, 5.41) is 11.1. The maximum absolute atomic E-state index is 11.6. The first-order valence-electron chi connectivity index (χ1n) is 4.63. The number of nitrogens with two attached hydrogens (primary N) is 1. The minimum atomic E-state index is -3.75. The molecule has 18 heavy (non-hydrogen) atoms. The van der Waals surface area contributed by atoms with E-state index < -0.39 is 14.9 Å². The van der Waals surface area contributed by atoms with Crippen LogP contribution in [0.3, 0.4) is 0 Å². The van der Waals surface area contributed by atoms with Crippen LogP contribution in [0, 0.1) is 10.1 Å². The molecule has 0 atom stereocenters. The van der Waals surface area contributed by atoms with E-state index in [9.17, 15) is 18.5 Å². The Balaban J connectivity index is 2.84. The summed E-state index contributed by atoms with van der Waals surface area (Å²) in [7, 11) is -2.52. The highest BCUT2D eigenvalue weighted by molar-refractivity contribution is 7.89. The fourth-order valence-corrected chi connectivity index (χ4v) is 3.06. The summed E-state index contributed by atoms with van der Waals surface area (Å²) < 4.78 is 25.7. The number of aromatic nitrogens is 1. The van der Waals surface area contributed by atoms with Gasteiger partial charge < -0.3 is 5.73 Å². The molecule has 1 aromatic heterocycles. The van der Waals surface area contributed by atoms with Gasteiger partial charge in [0.1, 0.15) is 0 Å². The number of fused-ring (bicyclic) bond motifs is 1. The maximum Gasteiger partial charge on any atom is 0.297 e. The number of benzene rings is 1. The average Bonchev–Trinajstić information content (AvgIpc) is 2.67. The van der Waals surface area contributed by atoms with E-state index in [1.165, 1.54) is 13.1 Å². The maximum atomic E-state index is 11.6. The summed E-state index contributed by atoms with van der Waals surface area (Å²) in [4.78, 5) is 13.9. The third kappa shape index (κ3) is 2.00. The van der Waals surface area contributed by atoms with E-state index in [-0.39, 0.29) is 21.2 Å². The first-order chi connectivity index (χ1) is 8.35. The van der Waals surface area contributed by atoms with Crippen molar-refractivity contribution >= 4 is 42.4 Å². The van der Waals surface area contributed by atoms with Crippen molar-refractivity contribution in [2.75, 3.05) is 12.8 Å². The van der Waals surface area contributed by atoms with Crippen molar-refractivity contribution in [2.24, 2.45) is 0 Å². The van der Waals surface area contributed by atoms with E-state index in [1.54, 1.807) is 0 Å². The van der Waals surface area contributed by atoms with E-state index in [1.807, 2.05) is 0 Å². The van der Waals surface area contributed by atoms with Gasteiger partial charge in [0.15, 0.2) is 10.6 Å². The van der Waals surface area contributed by atoms with Crippen LogP contribution in [0.15, 0.2) is 17.0 Å². The Morgan fingerprint density at radius 2 is 2.17 bits per heavy atom. The normalized spacial score (nSPS) is 11.8. The number of nitrogen functional groups attached to an aromatic ring is 1. The van der Waals surface area contributed by atoms with E-state index in [2.05, 4.69) is 9.71 Å². The summed E-state index contributed by atoms with van der Waals surface area (Å²) >= 11 is 0.994. The lowest BCUT2D eigenvalue weighted by Crippen LogP contribution is -2.18. The zero-order valence-electron chi connectivity index (χ0n) is 9.08. The van der Waals surface area contributed by atoms with Crippen molar-refractivity contribution in [3.63, 3.8) is 0 Å². The molecule has 0 fully saturated rings. The van der Waals surface area contributed by atoms with E-state index in [0.29, 0.717) is 4.70 Å². The van der Waals surface area contributed by atoms with Crippen molar-refractivity contribution in [3.8, 4) is 0 Å². The number of thiazole rings is 1. The number of hydrogen-bond donors (Lipinski definition) is 2. The number of nitro groups is 1. The molecule has 1 heterocycles. The molecule has 0 saturated heterocycles. The van der Waals surface area contributed by atoms with Gasteiger partial charge in [0, 0.05) is 6.07 Å². The lowest BCUT2D eigenvalue weighted by atomic mass is 10.3. The average molecular weight is 288 g/mol. The van der Waals surface area contributed by atoms with Crippen LogP contribution in [0.5, 0.6) is 0 Å². The number of hydrogen-bond acceptors (Lipinski definition) is 7. The topological polar surface area (TPSA) is 128 Å². The smallest absolute Gasteiger partial charge is 0.297 e. The molecule has 0 aliphatic rings. The molecule has 0 spiro atoms. The van der Waals surface area contributed by atoms with Crippen molar-refractivity contribution in [2.45, 2.75) is 4.90 Å². The zero-order chi connectivity index (χ0) is 13.5. The van der Waals surface area contributed by atoms with E-state index >= 15 is 0 Å². The molecular formula is C8H8N4O4S2. The van der Waals surface area contributed by atoms with Gasteiger partial charge in [0.2, 0.25) is 10.0 Å². The molecule has 0 saturated carbocycles. The highest BCUT2D eigenvalue weighted by Gasteiger charge is 2.22. The molecular weight excluding hydrogens is 280 g/mol. The van der Waals surface area contributed by atoms with Gasteiger partial charge in [0.25, 0.3) is 5.69 Å². The third-order valence-electron chi connectivity index (χ3n) is 2.24. The molecule has 8 nitrogen and oxygen atoms in total. The van der Waals surface area contributed by atoms with Gasteiger partial charge in [-0.25, -0.2) is 18.1 Å². The molecule has 0 amide bonds. The SMILES string of the molecule is CNS(=O)(=O)c1cc([N+](=O)[O-])c2nc(N)sc2c1. The second kappa shape index (κ2) is 4.15. The van der Waals surface area contributed by atoms with Gasteiger partial charge in [-0.2, -0.15) is 0 Å². The Hall–Kier alpha value is -1.78. The second-order valence-electron chi connectivity index (χ2n) is 3.31. The van der Waals surface area contributed by atoms with Crippen LogP contribution in [-0.2, 0) is 10.0 Å². The number of nitro benzene ring substituents is 1. The van der Waals surface area contributed by atoms with Crippen LogP contribution >= 0.6 is 11.3 Å². The zero-order valence-corrected chi connectivity index (χ0v) is 10.7. The molecule has 0 aliphatic carbocycles. The first-order valence-corrected chi connectivity index (χ1v) is 6.93. The summed E-state index contributed by atoms with van der Waals surface area (Å²) in [6, 6.07) is 2.27. The van der Waals surface area contributed by atoms with Crippen molar-refractivity contribution in [3.05, 3.63) is 22.2 Å². The molecule has 96 valence electrons. The van der Waals surface area contributed by atoms with Crippen molar-refractivity contribution < 1.29 is 13.3 Å². The molecule has 2 rings (SSSR count). The van der Waals surface area contributed by atoms with Gasteiger partial charge in [-0.15, -0.1) is 0 Å². The fourth-order valence-electron chi connectivity index (χ4n) is 1.42. The summed E-state index contributed by atoms with van der Waals surface area (Å²) in [6.07, 6.45) is 0. The molecule has 3 N–H and O–H groups in total. The highest BCUT2D eigenvalue weighted by atomic mass is 32.2. The van der Waals surface area contributed by atoms with Gasteiger partial charge in [-0.05, 0) is 13.1 Å². The molecule has 0 aliphatic heterocycles. The largest absolute Gasteiger partial charge is 0.375 e. The van der Waals surface area contributed by atoms with Crippen LogP contribution in [0.4, 0.5) is 10.8 Å². The fraction of sp³-hybridized carbons (Fsp3) is 0.125. The molecule has 10 heteroatoms. The van der Waals surface area contributed by atoms with Gasteiger partial charge >= 0.3 is 0 Å². The minimum absolute atomic E-state index is 0.0950. The van der Waals surface area contributed by atoms with Gasteiger partial charge in [-0.3, -0.25) is 10.1 Å². The van der Waals surface area contributed by atoms with E-state index in [4.69, 9.17) is 5.73 Å².